The normalized spacial score (nSPS) is 21.6. The van der Waals surface area contributed by atoms with Crippen LogP contribution in [0.1, 0.15) is 17.4 Å². The van der Waals surface area contributed by atoms with Crippen LogP contribution >= 0.6 is 11.7 Å². The highest BCUT2D eigenvalue weighted by Crippen LogP contribution is 2.22. The maximum absolute atomic E-state index is 11.5. The Morgan fingerprint density at radius 3 is 2.86 bits per heavy atom. The second-order valence-corrected chi connectivity index (χ2v) is 3.41. The van der Waals surface area contributed by atoms with Crippen molar-refractivity contribution in [2.45, 2.75) is 13.0 Å². The summed E-state index contributed by atoms with van der Waals surface area (Å²) in [5.74, 6) is -0.627. The van der Waals surface area contributed by atoms with Gasteiger partial charge in [-0.2, -0.15) is 8.75 Å². The minimum Gasteiger partial charge on any atom is -0.448 e. The van der Waals surface area contributed by atoms with E-state index in [0.717, 1.165) is 11.7 Å². The molecule has 74 valence electrons. The van der Waals surface area contributed by atoms with E-state index < -0.39 is 12.1 Å². The molecule has 1 amide bonds. The van der Waals surface area contributed by atoms with Gasteiger partial charge in [0.1, 0.15) is 0 Å². The Labute approximate surface area is 83.8 Å². The fourth-order valence-corrected chi connectivity index (χ4v) is 1.74. The fraction of sp³-hybridized carbons (Fsp3) is 0.429. The van der Waals surface area contributed by atoms with E-state index >= 15 is 0 Å². The molecule has 0 bridgehead atoms. The number of esters is 1. The van der Waals surface area contributed by atoms with Crippen molar-refractivity contribution in [1.82, 2.24) is 8.75 Å². The maximum Gasteiger partial charge on any atom is 0.362 e. The number of ether oxygens (including phenoxy) is 1. The number of fused-ring (bicyclic) bond motifs is 1. The number of hydrogen-bond donors (Lipinski definition) is 0. The van der Waals surface area contributed by atoms with Gasteiger partial charge >= 0.3 is 5.97 Å². The summed E-state index contributed by atoms with van der Waals surface area (Å²) in [4.78, 5) is 24.2. The van der Waals surface area contributed by atoms with Gasteiger partial charge in [0, 0.05) is 7.05 Å². The molecule has 0 radical (unpaired) electrons. The highest BCUT2D eigenvalue weighted by atomic mass is 32.1. The summed E-state index contributed by atoms with van der Waals surface area (Å²) in [7, 11) is 1.54. The largest absolute Gasteiger partial charge is 0.448 e. The number of rotatable bonds is 0. The van der Waals surface area contributed by atoms with Crippen molar-refractivity contribution in [1.29, 1.82) is 0 Å². The molecular weight excluding hydrogens is 206 g/mol. The lowest BCUT2D eigenvalue weighted by Gasteiger charge is -2.14. The zero-order valence-electron chi connectivity index (χ0n) is 7.55. The monoisotopic (exact) mass is 213 g/mol. The average Bonchev–Trinajstić information content (AvgIpc) is 2.60. The van der Waals surface area contributed by atoms with E-state index in [1.54, 1.807) is 7.05 Å². The summed E-state index contributed by atoms with van der Waals surface area (Å²) in [6.45, 7) is 1.52. The Hall–Kier alpha value is -1.50. The quantitative estimate of drug-likeness (QED) is 0.570. The molecule has 0 fully saturated rings. The van der Waals surface area contributed by atoms with Crippen LogP contribution in [-0.2, 0) is 9.53 Å². The standard InChI is InChI=1S/C7H7N3O3S/c1-3-6(11)10(2)5-4(7(12)13-3)8-14-9-5/h3H,1-2H3. The highest BCUT2D eigenvalue weighted by molar-refractivity contribution is 6.99. The van der Waals surface area contributed by atoms with Crippen LogP contribution in [-0.4, -0.2) is 33.8 Å². The summed E-state index contributed by atoms with van der Waals surface area (Å²) in [5, 5.41) is 0. The van der Waals surface area contributed by atoms with Gasteiger partial charge in [-0.05, 0) is 6.92 Å². The average molecular weight is 213 g/mol. The van der Waals surface area contributed by atoms with Crippen LogP contribution in [0.2, 0.25) is 0 Å². The van der Waals surface area contributed by atoms with Crippen molar-refractivity contribution in [2.75, 3.05) is 11.9 Å². The first-order chi connectivity index (χ1) is 6.61. The first-order valence-electron chi connectivity index (χ1n) is 3.92. The molecule has 1 aliphatic heterocycles. The van der Waals surface area contributed by atoms with Crippen LogP contribution in [0.15, 0.2) is 0 Å². The molecule has 1 aromatic heterocycles. The number of cyclic esters (lactones) is 1. The molecule has 2 heterocycles. The van der Waals surface area contributed by atoms with E-state index in [0.29, 0.717) is 0 Å². The number of likely N-dealkylation sites (N-methyl/N-ethyl adjacent to an activating group) is 1. The lowest BCUT2D eigenvalue weighted by Crippen LogP contribution is -2.34. The van der Waals surface area contributed by atoms with E-state index in [1.165, 1.54) is 11.8 Å². The van der Waals surface area contributed by atoms with Crippen molar-refractivity contribution in [3.8, 4) is 0 Å². The molecule has 1 aromatic rings. The topological polar surface area (TPSA) is 72.4 Å². The zero-order chi connectivity index (χ0) is 10.3. The van der Waals surface area contributed by atoms with Gasteiger partial charge in [0.25, 0.3) is 5.91 Å². The van der Waals surface area contributed by atoms with Crippen LogP contribution < -0.4 is 4.90 Å². The number of aromatic nitrogens is 2. The van der Waals surface area contributed by atoms with Crippen LogP contribution in [0.25, 0.3) is 0 Å². The van der Waals surface area contributed by atoms with Crippen LogP contribution in [0, 0.1) is 0 Å². The van der Waals surface area contributed by atoms with Crippen molar-refractivity contribution >= 4 is 29.4 Å². The van der Waals surface area contributed by atoms with Crippen molar-refractivity contribution in [3.63, 3.8) is 0 Å². The molecule has 7 heteroatoms. The number of nitrogens with zero attached hydrogens (tertiary/aromatic N) is 3. The third-order valence-corrected chi connectivity index (χ3v) is 2.46. The SMILES string of the molecule is CC1OC(=O)c2nsnc2N(C)C1=O. The molecule has 0 saturated heterocycles. The minimum absolute atomic E-state index is 0.107. The van der Waals surface area contributed by atoms with Gasteiger partial charge in [0.15, 0.2) is 11.9 Å². The third-order valence-electron chi connectivity index (χ3n) is 1.94. The second kappa shape index (κ2) is 3.02. The predicted molar refractivity (Wildman–Crippen MR) is 48.2 cm³/mol. The Morgan fingerprint density at radius 1 is 1.43 bits per heavy atom. The van der Waals surface area contributed by atoms with Gasteiger partial charge < -0.3 is 4.74 Å². The Morgan fingerprint density at radius 2 is 2.14 bits per heavy atom. The van der Waals surface area contributed by atoms with E-state index in [1.807, 2.05) is 0 Å². The Bertz CT molecular complexity index is 403. The molecule has 1 unspecified atom stereocenters. The van der Waals surface area contributed by atoms with Crippen molar-refractivity contribution in [2.24, 2.45) is 0 Å². The maximum atomic E-state index is 11.5. The molecule has 0 N–H and O–H groups in total. The van der Waals surface area contributed by atoms with Crippen molar-refractivity contribution in [3.05, 3.63) is 5.69 Å². The zero-order valence-corrected chi connectivity index (χ0v) is 8.37. The van der Waals surface area contributed by atoms with Crippen LogP contribution in [0.3, 0.4) is 0 Å². The molecule has 2 rings (SSSR count). The Balaban J connectivity index is 2.52. The number of carbonyl (C=O) groups excluding carboxylic acids is 2. The van der Waals surface area contributed by atoms with Gasteiger partial charge in [0.05, 0.1) is 11.7 Å². The molecule has 0 aromatic carbocycles. The molecule has 0 spiro atoms. The molecule has 1 aliphatic rings. The molecule has 14 heavy (non-hydrogen) atoms. The lowest BCUT2D eigenvalue weighted by atomic mass is 10.3. The van der Waals surface area contributed by atoms with E-state index in [-0.39, 0.29) is 17.4 Å². The summed E-state index contributed by atoms with van der Waals surface area (Å²) < 4.78 is 12.5. The number of carbonyl (C=O) groups is 2. The van der Waals surface area contributed by atoms with E-state index in [2.05, 4.69) is 8.75 Å². The minimum atomic E-state index is -0.784. The summed E-state index contributed by atoms with van der Waals surface area (Å²) in [6, 6.07) is 0. The number of hydrogen-bond acceptors (Lipinski definition) is 6. The van der Waals surface area contributed by atoms with Crippen LogP contribution in [0.5, 0.6) is 0 Å². The summed E-state index contributed by atoms with van der Waals surface area (Å²) in [5.41, 5.74) is 0.107. The highest BCUT2D eigenvalue weighted by Gasteiger charge is 2.33. The smallest absolute Gasteiger partial charge is 0.362 e. The number of anilines is 1. The van der Waals surface area contributed by atoms with Gasteiger partial charge in [-0.25, -0.2) is 4.79 Å². The van der Waals surface area contributed by atoms with E-state index in [4.69, 9.17) is 4.74 Å². The van der Waals surface area contributed by atoms with Gasteiger partial charge in [-0.3, -0.25) is 9.69 Å². The summed E-state index contributed by atoms with van der Waals surface area (Å²) >= 11 is 0.881. The molecule has 6 nitrogen and oxygen atoms in total. The lowest BCUT2D eigenvalue weighted by molar-refractivity contribution is -0.125. The van der Waals surface area contributed by atoms with E-state index in [9.17, 15) is 9.59 Å². The van der Waals surface area contributed by atoms with Crippen molar-refractivity contribution < 1.29 is 14.3 Å². The third kappa shape index (κ3) is 1.17. The first kappa shape index (κ1) is 9.07. The molecule has 0 aliphatic carbocycles. The molecule has 1 atom stereocenters. The summed E-state index contributed by atoms with van der Waals surface area (Å²) in [6.07, 6.45) is -0.784. The number of amides is 1. The van der Waals surface area contributed by atoms with Gasteiger partial charge in [-0.1, -0.05) is 0 Å². The Kier molecular flexibility index (Phi) is 1.95. The molecular formula is C7H7N3O3S. The second-order valence-electron chi connectivity index (χ2n) is 2.88. The fourth-order valence-electron chi connectivity index (χ4n) is 1.18. The van der Waals surface area contributed by atoms with Gasteiger partial charge in [0.2, 0.25) is 5.69 Å². The van der Waals surface area contributed by atoms with Crippen LogP contribution in [0.4, 0.5) is 5.82 Å². The molecule has 0 saturated carbocycles. The first-order valence-corrected chi connectivity index (χ1v) is 4.65. The van der Waals surface area contributed by atoms with Gasteiger partial charge in [-0.15, -0.1) is 0 Å². The predicted octanol–water partition coefficient (Wildman–Crippen LogP) is 0.0598.